The maximum Gasteiger partial charge on any atom is 0.226 e. The lowest BCUT2D eigenvalue weighted by molar-refractivity contribution is -0.137. The Labute approximate surface area is 232 Å². The molecule has 2 fully saturated rings. The number of rotatable bonds is 5. The topological polar surface area (TPSA) is 41.4 Å². The predicted octanol–water partition coefficient (Wildman–Crippen LogP) is 6.47. The highest BCUT2D eigenvalue weighted by molar-refractivity contribution is 6.30. The fraction of sp³-hybridized carbons (Fsp3) is 0.467. The first-order valence-electron chi connectivity index (χ1n) is 13.4. The first-order chi connectivity index (χ1) is 18.5. The average molecular weight is 559 g/mol. The van der Waals surface area contributed by atoms with Gasteiger partial charge in [-0.25, -0.2) is 17.9 Å². The molecule has 2 aliphatic rings. The molecular weight excluding hydrogens is 525 g/mol. The third-order valence-electron chi connectivity index (χ3n) is 8.79. The molecule has 0 radical (unpaired) electrons. The van der Waals surface area contributed by atoms with E-state index < -0.39 is 23.4 Å². The molecule has 3 atom stereocenters. The normalized spacial score (nSPS) is 24.1. The lowest BCUT2D eigenvalue weighted by Crippen LogP contribution is -2.43. The summed E-state index contributed by atoms with van der Waals surface area (Å²) in [5, 5.41) is 4.86. The molecule has 208 valence electrons. The third kappa shape index (κ3) is 5.33. The summed E-state index contributed by atoms with van der Waals surface area (Å²) in [6.45, 7) is 5.07. The van der Waals surface area contributed by atoms with Crippen molar-refractivity contribution in [1.82, 2.24) is 19.6 Å². The van der Waals surface area contributed by atoms with E-state index >= 15 is 0 Å². The van der Waals surface area contributed by atoms with Crippen molar-refractivity contribution in [2.75, 3.05) is 27.2 Å². The number of nitrogens with zero attached hydrogens (tertiary/aromatic N) is 4. The second-order valence-corrected chi connectivity index (χ2v) is 11.9. The largest absolute Gasteiger partial charge is 0.342 e. The Bertz CT molecular complexity index is 1380. The second-order valence-electron chi connectivity index (χ2n) is 11.5. The van der Waals surface area contributed by atoms with Gasteiger partial charge < -0.3 is 9.80 Å². The summed E-state index contributed by atoms with van der Waals surface area (Å²) in [6, 6.07) is 10.2. The van der Waals surface area contributed by atoms with Crippen LogP contribution in [0.2, 0.25) is 5.02 Å². The Morgan fingerprint density at radius 2 is 1.74 bits per heavy atom. The Morgan fingerprint density at radius 3 is 2.38 bits per heavy atom. The van der Waals surface area contributed by atoms with Gasteiger partial charge in [0.15, 0.2) is 0 Å². The highest BCUT2D eigenvalue weighted by Gasteiger charge is 2.49. The Hall–Kier alpha value is -2.84. The molecule has 1 aliphatic heterocycles. The quantitative estimate of drug-likeness (QED) is 0.360. The van der Waals surface area contributed by atoms with Crippen molar-refractivity contribution in [3.63, 3.8) is 0 Å². The first kappa shape index (κ1) is 27.7. The molecule has 5 rings (SSSR count). The number of hydrogen-bond donors (Lipinski definition) is 0. The van der Waals surface area contributed by atoms with Gasteiger partial charge in [-0.15, -0.1) is 0 Å². The highest BCUT2D eigenvalue weighted by atomic mass is 35.5. The summed E-state index contributed by atoms with van der Waals surface area (Å²) in [5.41, 5.74) is 2.17. The standard InChI is InChI=1S/C30H34ClF3N4O/c1-18-13-28(38(35-18)27-8-5-20(31)14-26(27)34)19-9-11-37(12-10-19)29(39)24-17-30(2,36(3)4)16-23(24)22-7-6-21(32)15-25(22)33/h5-8,13-15,19,23-24H,9-12,16-17H2,1-4H3/t23-,24-,30-/m1/s1. The fourth-order valence-electron chi connectivity index (χ4n) is 6.36. The SMILES string of the molecule is Cc1cc(C2CCN(C(=O)[C@@H]3C[C@](C)(N(C)C)C[C@@H]3c3ccc(F)cc3F)CC2)n(-c2ccc(Cl)cc2F)n1. The molecule has 2 aromatic carbocycles. The van der Waals surface area contributed by atoms with E-state index in [-0.39, 0.29) is 23.3 Å². The van der Waals surface area contributed by atoms with Crippen molar-refractivity contribution >= 4 is 17.5 Å². The highest BCUT2D eigenvalue weighted by Crippen LogP contribution is 2.49. The molecule has 9 heteroatoms. The van der Waals surface area contributed by atoms with Crippen LogP contribution in [-0.4, -0.2) is 58.2 Å². The molecule has 1 amide bonds. The zero-order valence-corrected chi connectivity index (χ0v) is 23.5. The van der Waals surface area contributed by atoms with Crippen molar-refractivity contribution in [3.05, 3.63) is 81.9 Å². The van der Waals surface area contributed by atoms with E-state index in [0.717, 1.165) is 17.5 Å². The van der Waals surface area contributed by atoms with Crippen LogP contribution >= 0.6 is 11.6 Å². The summed E-state index contributed by atoms with van der Waals surface area (Å²) < 4.78 is 44.9. The van der Waals surface area contributed by atoms with Crippen LogP contribution in [0.1, 0.15) is 61.4 Å². The molecule has 2 heterocycles. The Morgan fingerprint density at radius 1 is 1.03 bits per heavy atom. The van der Waals surface area contributed by atoms with E-state index in [4.69, 9.17) is 11.6 Å². The fourth-order valence-corrected chi connectivity index (χ4v) is 6.51. The maximum atomic E-state index is 14.9. The number of halogens is 4. The summed E-state index contributed by atoms with van der Waals surface area (Å²) in [4.78, 5) is 17.9. The minimum Gasteiger partial charge on any atom is -0.342 e. The number of hydrogen-bond acceptors (Lipinski definition) is 3. The van der Waals surface area contributed by atoms with E-state index in [0.29, 0.717) is 55.0 Å². The van der Waals surface area contributed by atoms with E-state index in [2.05, 4.69) is 16.9 Å². The number of carbonyl (C=O) groups excluding carboxylic acids is 1. The average Bonchev–Trinajstić information content (AvgIpc) is 3.44. The van der Waals surface area contributed by atoms with Gasteiger partial charge in [0.05, 0.1) is 5.69 Å². The number of amides is 1. The number of benzene rings is 2. The van der Waals surface area contributed by atoms with Crippen molar-refractivity contribution in [1.29, 1.82) is 0 Å². The molecule has 1 saturated carbocycles. The van der Waals surface area contributed by atoms with Gasteiger partial charge in [0.25, 0.3) is 0 Å². The Balaban J connectivity index is 1.35. The van der Waals surface area contributed by atoms with Crippen LogP contribution in [0.15, 0.2) is 42.5 Å². The third-order valence-corrected chi connectivity index (χ3v) is 9.02. The first-order valence-corrected chi connectivity index (χ1v) is 13.8. The lowest BCUT2D eigenvalue weighted by Gasteiger charge is -2.35. The van der Waals surface area contributed by atoms with Crippen molar-refractivity contribution < 1.29 is 18.0 Å². The van der Waals surface area contributed by atoms with E-state index in [1.807, 2.05) is 32.0 Å². The molecule has 5 nitrogen and oxygen atoms in total. The monoisotopic (exact) mass is 558 g/mol. The smallest absolute Gasteiger partial charge is 0.226 e. The number of aromatic nitrogens is 2. The number of likely N-dealkylation sites (tertiary alicyclic amines) is 1. The molecule has 0 N–H and O–H groups in total. The van der Waals surface area contributed by atoms with E-state index in [9.17, 15) is 18.0 Å². The van der Waals surface area contributed by atoms with Gasteiger partial charge in [0.2, 0.25) is 5.91 Å². The van der Waals surface area contributed by atoms with Crippen LogP contribution < -0.4 is 0 Å². The lowest BCUT2D eigenvalue weighted by atomic mass is 9.86. The van der Waals surface area contributed by atoms with E-state index in [1.165, 1.54) is 18.2 Å². The molecule has 0 bridgehead atoms. The second kappa shape index (κ2) is 10.6. The van der Waals surface area contributed by atoms with Gasteiger partial charge in [-0.2, -0.15) is 5.10 Å². The molecule has 0 unspecified atom stereocenters. The van der Waals surface area contributed by atoms with Gasteiger partial charge in [0.1, 0.15) is 23.1 Å². The summed E-state index contributed by atoms with van der Waals surface area (Å²) in [6.07, 6.45) is 2.63. The molecular formula is C30H34ClF3N4O. The molecule has 0 spiro atoms. The van der Waals surface area contributed by atoms with Crippen LogP contribution in [-0.2, 0) is 4.79 Å². The van der Waals surface area contributed by atoms with Crippen LogP contribution in [0, 0.1) is 30.3 Å². The maximum absolute atomic E-state index is 14.9. The molecule has 1 aromatic heterocycles. The Kier molecular flexibility index (Phi) is 7.55. The molecule has 1 aliphatic carbocycles. The van der Waals surface area contributed by atoms with Gasteiger partial charge in [-0.1, -0.05) is 17.7 Å². The minimum absolute atomic E-state index is 0.0150. The van der Waals surface area contributed by atoms with Gasteiger partial charge >= 0.3 is 0 Å². The van der Waals surface area contributed by atoms with Crippen LogP contribution in [0.25, 0.3) is 5.69 Å². The predicted molar refractivity (Wildman–Crippen MR) is 146 cm³/mol. The van der Waals surface area contributed by atoms with Crippen LogP contribution in [0.4, 0.5) is 13.2 Å². The van der Waals surface area contributed by atoms with Gasteiger partial charge in [-0.3, -0.25) is 4.79 Å². The number of piperidine rings is 1. The zero-order chi connectivity index (χ0) is 28.1. The molecule has 3 aromatic rings. The van der Waals surface area contributed by atoms with Gasteiger partial charge in [-0.05, 0) is 89.5 Å². The molecule has 39 heavy (non-hydrogen) atoms. The van der Waals surface area contributed by atoms with Crippen LogP contribution in [0.5, 0.6) is 0 Å². The van der Waals surface area contributed by atoms with Crippen molar-refractivity contribution in [2.45, 2.75) is 56.9 Å². The van der Waals surface area contributed by atoms with Crippen molar-refractivity contribution in [3.8, 4) is 5.69 Å². The van der Waals surface area contributed by atoms with Crippen LogP contribution in [0.3, 0.4) is 0 Å². The number of carbonyl (C=O) groups is 1. The summed E-state index contributed by atoms with van der Waals surface area (Å²) in [5.74, 6) is -2.28. The zero-order valence-electron chi connectivity index (χ0n) is 22.7. The van der Waals surface area contributed by atoms with Crippen molar-refractivity contribution in [2.24, 2.45) is 5.92 Å². The van der Waals surface area contributed by atoms with Gasteiger partial charge in [0, 0.05) is 53.2 Å². The minimum atomic E-state index is -0.623. The molecule has 1 saturated heterocycles. The summed E-state index contributed by atoms with van der Waals surface area (Å²) in [7, 11) is 3.95. The summed E-state index contributed by atoms with van der Waals surface area (Å²) >= 11 is 5.95. The number of aryl methyl sites for hydroxylation is 1. The van der Waals surface area contributed by atoms with E-state index in [1.54, 1.807) is 16.8 Å².